The molecular weight excluding hydrogens is 236 g/mol. The van der Waals surface area contributed by atoms with Crippen LogP contribution in [0.5, 0.6) is 0 Å². The average molecular weight is 255 g/mol. The van der Waals surface area contributed by atoms with E-state index in [-0.39, 0.29) is 5.60 Å². The molecule has 0 bridgehead atoms. The van der Waals surface area contributed by atoms with E-state index >= 15 is 0 Å². The molecule has 1 aromatic carbocycles. The fourth-order valence-electron chi connectivity index (χ4n) is 2.36. The van der Waals surface area contributed by atoms with Gasteiger partial charge in [0.05, 0.1) is 16.3 Å². The van der Waals surface area contributed by atoms with Gasteiger partial charge < -0.3 is 15.4 Å². The Morgan fingerprint density at radius 2 is 2.24 bits per heavy atom. The molecule has 0 aliphatic carbocycles. The molecule has 1 unspecified atom stereocenters. The van der Waals surface area contributed by atoms with Crippen LogP contribution in [0.2, 0.25) is 5.02 Å². The van der Waals surface area contributed by atoms with Crippen molar-refractivity contribution in [1.82, 2.24) is 0 Å². The highest BCUT2D eigenvalue weighted by Gasteiger charge is 2.31. The maximum absolute atomic E-state index is 6.24. The standard InChI is InChI=1S/C13H19ClN2O/c1-13(17-2)6-3-7-16(9-13)12-5-4-10(15)8-11(12)14/h4-5,8H,3,6-7,9,15H2,1-2H3. The lowest BCUT2D eigenvalue weighted by atomic mass is 9.94. The van der Waals surface area contributed by atoms with Crippen molar-refractivity contribution in [3.05, 3.63) is 23.2 Å². The molecule has 0 spiro atoms. The molecule has 1 saturated heterocycles. The molecule has 4 heteroatoms. The highest BCUT2D eigenvalue weighted by Crippen LogP contribution is 2.33. The number of hydrogen-bond acceptors (Lipinski definition) is 3. The highest BCUT2D eigenvalue weighted by molar-refractivity contribution is 6.33. The normalized spacial score (nSPS) is 25.0. The van der Waals surface area contributed by atoms with Crippen LogP contribution in [0.4, 0.5) is 11.4 Å². The average Bonchev–Trinajstić information content (AvgIpc) is 2.29. The van der Waals surface area contributed by atoms with Gasteiger partial charge in [-0.25, -0.2) is 0 Å². The Morgan fingerprint density at radius 3 is 2.88 bits per heavy atom. The van der Waals surface area contributed by atoms with Crippen LogP contribution in [0, 0.1) is 0 Å². The molecule has 1 atom stereocenters. The van der Waals surface area contributed by atoms with Gasteiger partial charge in [-0.2, -0.15) is 0 Å². The van der Waals surface area contributed by atoms with Gasteiger partial charge in [0.25, 0.3) is 0 Å². The summed E-state index contributed by atoms with van der Waals surface area (Å²) in [5.41, 5.74) is 7.37. The van der Waals surface area contributed by atoms with Gasteiger partial charge in [0.2, 0.25) is 0 Å². The second-order valence-corrected chi connectivity index (χ2v) is 5.30. The maximum Gasteiger partial charge on any atom is 0.0825 e. The third kappa shape index (κ3) is 2.67. The van der Waals surface area contributed by atoms with Gasteiger partial charge in [0.15, 0.2) is 0 Å². The fourth-order valence-corrected chi connectivity index (χ4v) is 2.67. The van der Waals surface area contributed by atoms with E-state index in [1.165, 1.54) is 0 Å². The third-order valence-electron chi connectivity index (χ3n) is 3.46. The van der Waals surface area contributed by atoms with E-state index in [0.717, 1.165) is 31.6 Å². The van der Waals surface area contributed by atoms with Gasteiger partial charge in [-0.05, 0) is 38.0 Å². The van der Waals surface area contributed by atoms with E-state index in [4.69, 9.17) is 22.1 Å². The minimum Gasteiger partial charge on any atom is -0.399 e. The molecule has 1 aliphatic heterocycles. The van der Waals surface area contributed by atoms with Crippen LogP contribution in [0.1, 0.15) is 19.8 Å². The van der Waals surface area contributed by atoms with Crippen molar-refractivity contribution < 1.29 is 4.74 Å². The van der Waals surface area contributed by atoms with Gasteiger partial charge in [-0.15, -0.1) is 0 Å². The van der Waals surface area contributed by atoms with Crippen LogP contribution >= 0.6 is 11.6 Å². The van der Waals surface area contributed by atoms with Crippen molar-refractivity contribution in [3.63, 3.8) is 0 Å². The number of nitrogens with zero attached hydrogens (tertiary/aromatic N) is 1. The number of nitrogen functional groups attached to an aromatic ring is 1. The number of ether oxygens (including phenoxy) is 1. The van der Waals surface area contributed by atoms with Crippen molar-refractivity contribution in [2.45, 2.75) is 25.4 Å². The zero-order chi connectivity index (χ0) is 12.5. The minimum absolute atomic E-state index is 0.0804. The fraction of sp³-hybridized carbons (Fsp3) is 0.538. The van der Waals surface area contributed by atoms with Gasteiger partial charge in [-0.3, -0.25) is 0 Å². The Balaban J connectivity index is 2.22. The molecular formula is C13H19ClN2O. The highest BCUT2D eigenvalue weighted by atomic mass is 35.5. The first-order valence-corrected chi connectivity index (χ1v) is 6.27. The quantitative estimate of drug-likeness (QED) is 0.825. The number of nitrogens with two attached hydrogens (primary N) is 1. The van der Waals surface area contributed by atoms with E-state index in [1.54, 1.807) is 13.2 Å². The van der Waals surface area contributed by atoms with Crippen LogP contribution in [0.15, 0.2) is 18.2 Å². The molecule has 2 N–H and O–H groups in total. The van der Waals surface area contributed by atoms with Crippen LogP contribution in [0.25, 0.3) is 0 Å². The van der Waals surface area contributed by atoms with Gasteiger partial charge in [-0.1, -0.05) is 11.6 Å². The van der Waals surface area contributed by atoms with Gasteiger partial charge in [0, 0.05) is 25.9 Å². The molecule has 3 nitrogen and oxygen atoms in total. The zero-order valence-corrected chi connectivity index (χ0v) is 11.1. The van der Waals surface area contributed by atoms with Crippen molar-refractivity contribution >= 4 is 23.0 Å². The number of hydrogen-bond donors (Lipinski definition) is 1. The van der Waals surface area contributed by atoms with Crippen LogP contribution in [0.3, 0.4) is 0 Å². The van der Waals surface area contributed by atoms with Crippen molar-refractivity contribution in [3.8, 4) is 0 Å². The molecule has 17 heavy (non-hydrogen) atoms. The Kier molecular flexibility index (Phi) is 3.50. The Labute approximate surface area is 107 Å². The van der Waals surface area contributed by atoms with Crippen LogP contribution in [-0.4, -0.2) is 25.8 Å². The van der Waals surface area contributed by atoms with Crippen molar-refractivity contribution in [2.24, 2.45) is 0 Å². The summed E-state index contributed by atoms with van der Waals surface area (Å²) < 4.78 is 5.58. The van der Waals surface area contributed by atoms with E-state index in [0.29, 0.717) is 10.7 Å². The maximum atomic E-state index is 6.24. The van der Waals surface area contributed by atoms with Crippen molar-refractivity contribution in [2.75, 3.05) is 30.8 Å². The number of anilines is 2. The van der Waals surface area contributed by atoms with E-state index in [2.05, 4.69) is 11.8 Å². The third-order valence-corrected chi connectivity index (χ3v) is 3.77. The molecule has 0 saturated carbocycles. The first-order chi connectivity index (χ1) is 8.04. The topological polar surface area (TPSA) is 38.5 Å². The number of benzene rings is 1. The summed E-state index contributed by atoms with van der Waals surface area (Å²) in [7, 11) is 1.77. The smallest absolute Gasteiger partial charge is 0.0825 e. The summed E-state index contributed by atoms with van der Waals surface area (Å²) in [5, 5.41) is 0.713. The molecule has 94 valence electrons. The predicted molar refractivity (Wildman–Crippen MR) is 72.7 cm³/mol. The molecule has 0 amide bonds. The Morgan fingerprint density at radius 1 is 1.47 bits per heavy atom. The minimum atomic E-state index is -0.0804. The molecule has 0 aromatic heterocycles. The van der Waals surface area contributed by atoms with E-state index in [1.807, 2.05) is 12.1 Å². The predicted octanol–water partition coefficient (Wildman–Crippen LogP) is 2.93. The number of halogens is 1. The van der Waals surface area contributed by atoms with Crippen LogP contribution < -0.4 is 10.6 Å². The SMILES string of the molecule is COC1(C)CCCN(c2ccc(N)cc2Cl)C1. The van der Waals surface area contributed by atoms with E-state index in [9.17, 15) is 0 Å². The lowest BCUT2D eigenvalue weighted by molar-refractivity contribution is -0.00464. The zero-order valence-electron chi connectivity index (χ0n) is 10.4. The number of methoxy groups -OCH3 is 1. The molecule has 0 radical (unpaired) electrons. The summed E-state index contributed by atoms with van der Waals surface area (Å²) in [6.45, 7) is 4.03. The van der Waals surface area contributed by atoms with E-state index < -0.39 is 0 Å². The first-order valence-electron chi connectivity index (χ1n) is 5.89. The lowest BCUT2D eigenvalue weighted by Gasteiger charge is -2.41. The molecule has 1 fully saturated rings. The molecule has 1 aliphatic rings. The lowest BCUT2D eigenvalue weighted by Crippen LogP contribution is -2.47. The first kappa shape index (κ1) is 12.5. The molecule has 1 aromatic rings. The van der Waals surface area contributed by atoms with Crippen LogP contribution in [-0.2, 0) is 4.74 Å². The summed E-state index contributed by atoms with van der Waals surface area (Å²) in [6.07, 6.45) is 2.21. The molecule has 2 rings (SSSR count). The summed E-state index contributed by atoms with van der Waals surface area (Å²) in [6, 6.07) is 5.68. The number of piperidine rings is 1. The monoisotopic (exact) mass is 254 g/mol. The molecule has 1 heterocycles. The summed E-state index contributed by atoms with van der Waals surface area (Å²) >= 11 is 6.24. The van der Waals surface area contributed by atoms with Crippen molar-refractivity contribution in [1.29, 1.82) is 0 Å². The summed E-state index contributed by atoms with van der Waals surface area (Å²) in [5.74, 6) is 0. The second-order valence-electron chi connectivity index (χ2n) is 4.89. The largest absolute Gasteiger partial charge is 0.399 e. The van der Waals surface area contributed by atoms with Gasteiger partial charge >= 0.3 is 0 Å². The summed E-state index contributed by atoms with van der Waals surface area (Å²) in [4.78, 5) is 2.27. The second kappa shape index (κ2) is 4.75. The Hall–Kier alpha value is -0.930. The number of rotatable bonds is 2. The van der Waals surface area contributed by atoms with Gasteiger partial charge in [0.1, 0.15) is 0 Å². The Bertz CT molecular complexity index is 410.